The second kappa shape index (κ2) is 13.8. The van der Waals surface area contributed by atoms with Crippen LogP contribution in [0, 0.1) is 25.7 Å². The third-order valence-corrected chi connectivity index (χ3v) is 38.6. The molecule has 0 aliphatic heterocycles. The molecule has 1 nitrogen and oxygen atoms in total. The molecule has 4 aromatic carbocycles. The van der Waals surface area contributed by atoms with Crippen molar-refractivity contribution in [1.82, 2.24) is 4.14 Å². The van der Waals surface area contributed by atoms with Crippen LogP contribution in [0.15, 0.2) is 96.1 Å². The van der Waals surface area contributed by atoms with Crippen LogP contribution in [-0.2, 0) is 16.2 Å². The molecule has 0 bridgehead atoms. The van der Waals surface area contributed by atoms with Crippen LogP contribution in [0.1, 0.15) is 68.3 Å². The van der Waals surface area contributed by atoms with Gasteiger partial charge in [0, 0.05) is 0 Å². The van der Waals surface area contributed by atoms with Gasteiger partial charge in [0.1, 0.15) is 0 Å². The molecule has 0 aromatic heterocycles. The molecule has 0 heterocycles. The van der Waals surface area contributed by atoms with E-state index in [1.54, 1.807) is 0 Å². The summed E-state index contributed by atoms with van der Waals surface area (Å²) in [4.78, 5) is 0.807. The first-order valence-corrected chi connectivity index (χ1v) is 36.7. The third kappa shape index (κ3) is 6.92. The molecule has 2 atom stereocenters. The summed E-state index contributed by atoms with van der Waals surface area (Å²) >= 11 is -5.29. The Hall–Kier alpha value is -1.72. The molecule has 4 aromatic rings. The summed E-state index contributed by atoms with van der Waals surface area (Å²) in [7, 11) is 14.5. The summed E-state index contributed by atoms with van der Waals surface area (Å²) in [5, 5.41) is 0. The van der Waals surface area contributed by atoms with Gasteiger partial charge in [0.2, 0.25) is 0 Å². The van der Waals surface area contributed by atoms with E-state index in [-0.39, 0.29) is 7.25 Å². The SMILES string of the molecule is Cc1ccccc1-c1cccc2c1C=C(C(C)C)[CH]2[Zr]([Cl])([Cl])([BH]N([Si](C)(C)C)[Si](C)(C)C)[CH]1C(C(C)C)=Cc2c(-c3ccccc3C)cccc21. The summed E-state index contributed by atoms with van der Waals surface area (Å²) in [5.41, 5.74) is 15.9. The molecule has 2 unspecified atom stereocenters. The molecule has 0 spiro atoms. The van der Waals surface area contributed by atoms with E-state index in [2.05, 4.69) is 182 Å². The van der Waals surface area contributed by atoms with Crippen LogP contribution in [0.25, 0.3) is 34.4 Å². The van der Waals surface area contributed by atoms with Crippen LogP contribution in [0.5, 0.6) is 0 Å². The van der Waals surface area contributed by atoms with Crippen molar-refractivity contribution in [1.29, 1.82) is 0 Å². The van der Waals surface area contributed by atoms with Gasteiger partial charge in [-0.25, -0.2) is 0 Å². The van der Waals surface area contributed by atoms with Gasteiger partial charge in [0.05, 0.1) is 0 Å². The molecule has 2 aliphatic rings. The molecule has 0 saturated heterocycles. The van der Waals surface area contributed by atoms with E-state index in [1.807, 2.05) is 0 Å². The van der Waals surface area contributed by atoms with Crippen LogP contribution in [-0.4, -0.2) is 25.6 Å². The van der Waals surface area contributed by atoms with Crippen LogP contribution in [0.2, 0.25) is 39.3 Å². The van der Waals surface area contributed by atoms with Gasteiger partial charge in [-0.3, -0.25) is 0 Å². The minimum absolute atomic E-state index is 0.0100. The number of allylic oxidation sites excluding steroid dienone is 2. The van der Waals surface area contributed by atoms with Crippen molar-refractivity contribution in [3.05, 3.63) is 129 Å². The van der Waals surface area contributed by atoms with Crippen LogP contribution < -0.4 is 0 Å². The van der Waals surface area contributed by atoms with Crippen molar-refractivity contribution in [2.75, 3.05) is 0 Å². The van der Waals surface area contributed by atoms with Crippen molar-refractivity contribution in [3.8, 4) is 22.3 Å². The minimum atomic E-state index is -5.29. The number of halogens is 2. The number of fused-ring (bicyclic) bond motifs is 2. The number of hydrogen-bond acceptors (Lipinski definition) is 1. The average Bonchev–Trinajstić information content (AvgIpc) is 3.65. The summed E-state index contributed by atoms with van der Waals surface area (Å²) in [5.74, 6) is 0.602. The van der Waals surface area contributed by atoms with Crippen LogP contribution in [0.3, 0.4) is 0 Å². The second-order valence-electron chi connectivity index (χ2n) is 18.0. The topological polar surface area (TPSA) is 3.24 Å². The number of hydrogen-bond donors (Lipinski definition) is 0. The summed E-state index contributed by atoms with van der Waals surface area (Å²) in [6, 6.07) is 31.5. The number of aryl methyl sites for hydroxylation is 2. The summed E-state index contributed by atoms with van der Waals surface area (Å²) < 4.78 is 2.90. The fourth-order valence-electron chi connectivity index (χ4n) is 9.52. The van der Waals surface area contributed by atoms with E-state index in [9.17, 15) is 0 Å². The van der Waals surface area contributed by atoms with Gasteiger partial charge in [0.15, 0.2) is 0 Å². The van der Waals surface area contributed by atoms with Crippen molar-refractivity contribution in [2.45, 2.75) is 88.1 Å². The molecule has 0 radical (unpaired) electrons. The van der Waals surface area contributed by atoms with Crippen molar-refractivity contribution in [3.63, 3.8) is 0 Å². The van der Waals surface area contributed by atoms with Crippen molar-refractivity contribution >= 4 is 50.6 Å². The molecule has 51 heavy (non-hydrogen) atoms. The Morgan fingerprint density at radius 3 is 1.24 bits per heavy atom. The fourth-order valence-corrected chi connectivity index (χ4v) is 52.0. The molecular formula is C44H57BCl2NSi2Zr. The second-order valence-corrected chi connectivity index (χ2v) is 50.2. The first kappa shape index (κ1) is 39.0. The number of rotatable bonds is 10. The average molecular weight is 829 g/mol. The summed E-state index contributed by atoms with van der Waals surface area (Å²) in [6.45, 7) is 28.9. The molecule has 0 fully saturated rings. The molecule has 6 rings (SSSR count). The Labute approximate surface area is 319 Å². The Balaban J connectivity index is 1.71. The first-order valence-electron chi connectivity index (χ1n) is 18.9. The predicted molar refractivity (Wildman–Crippen MR) is 232 cm³/mol. The van der Waals surface area contributed by atoms with Gasteiger partial charge in [0.25, 0.3) is 0 Å². The van der Waals surface area contributed by atoms with Crippen LogP contribution >= 0.6 is 17.0 Å². The standard InChI is InChI=1S/2C19H19.C6H19BNSi2.2ClH.Zr/c2*1-13(2)16-11-15-8-6-10-18(19(15)12-16)17-9-5-4-7-14(17)3;1-9(2,3)8(7)10(4,5)6;;;/h2*4-13H,1-3H3;7H,1-6H3;2*1H;/q;;+1;;;+1/p-2. The quantitative estimate of drug-likeness (QED) is 0.144. The normalized spacial score (nSPS) is 18.4. The molecule has 0 amide bonds. The molecule has 267 valence electrons. The Bertz CT molecular complexity index is 1910. The Kier molecular flexibility index (Phi) is 10.6. The fraction of sp³-hybridized carbons (Fsp3) is 0.364. The van der Waals surface area contributed by atoms with E-state index < -0.39 is 32.6 Å². The van der Waals surface area contributed by atoms with Gasteiger partial charge in [-0.2, -0.15) is 0 Å². The predicted octanol–water partition coefficient (Wildman–Crippen LogP) is 13.8. The van der Waals surface area contributed by atoms with E-state index in [0.717, 1.165) is 4.95 Å². The van der Waals surface area contributed by atoms with Crippen molar-refractivity contribution in [2.24, 2.45) is 11.8 Å². The zero-order valence-corrected chi connectivity index (χ0v) is 38.9. The molecule has 0 saturated carbocycles. The Morgan fingerprint density at radius 1 is 0.549 bits per heavy atom. The van der Waals surface area contributed by atoms with E-state index in [1.165, 1.54) is 66.8 Å². The molecular weight excluding hydrogens is 772 g/mol. The first-order chi connectivity index (χ1) is 23.7. The molecule has 2 aliphatic carbocycles. The van der Waals surface area contributed by atoms with Gasteiger partial charge in [-0.05, 0) is 0 Å². The summed E-state index contributed by atoms with van der Waals surface area (Å²) in [6.07, 6.45) is 5.02. The maximum atomic E-state index is 9.10. The number of benzene rings is 4. The maximum absolute atomic E-state index is 9.10. The van der Waals surface area contributed by atoms with Crippen molar-refractivity contribution < 1.29 is 16.2 Å². The monoisotopic (exact) mass is 826 g/mol. The number of nitrogens with zero attached hydrogens (tertiary/aromatic N) is 1. The van der Waals surface area contributed by atoms with Gasteiger partial charge in [-0.1, -0.05) is 0 Å². The van der Waals surface area contributed by atoms with E-state index >= 15 is 0 Å². The van der Waals surface area contributed by atoms with E-state index in [4.69, 9.17) is 17.0 Å². The Morgan fingerprint density at radius 2 is 0.902 bits per heavy atom. The van der Waals surface area contributed by atoms with Gasteiger partial charge >= 0.3 is 323 Å². The van der Waals surface area contributed by atoms with Gasteiger partial charge in [-0.15, -0.1) is 0 Å². The van der Waals surface area contributed by atoms with Gasteiger partial charge < -0.3 is 0 Å². The zero-order valence-electron chi connectivity index (χ0n) is 33.0. The van der Waals surface area contributed by atoms with Crippen LogP contribution in [0.4, 0.5) is 0 Å². The van der Waals surface area contributed by atoms with E-state index in [0.29, 0.717) is 11.8 Å². The molecule has 0 N–H and O–H groups in total. The zero-order chi connectivity index (χ0) is 37.3. The third-order valence-electron chi connectivity index (χ3n) is 11.7. The molecule has 7 heteroatoms.